The van der Waals surface area contributed by atoms with Crippen molar-refractivity contribution in [1.29, 1.82) is 0 Å². The van der Waals surface area contributed by atoms with Crippen molar-refractivity contribution in [2.24, 2.45) is 0 Å². The van der Waals surface area contributed by atoms with Crippen molar-refractivity contribution in [2.45, 2.75) is 30.8 Å². The van der Waals surface area contributed by atoms with E-state index in [9.17, 15) is 9.18 Å². The van der Waals surface area contributed by atoms with Gasteiger partial charge < -0.3 is 15.4 Å². The number of hydrogen-bond acceptors (Lipinski definition) is 5. The van der Waals surface area contributed by atoms with E-state index in [4.69, 9.17) is 16.3 Å². The van der Waals surface area contributed by atoms with Crippen molar-refractivity contribution in [3.05, 3.63) is 94.5 Å². The number of nitrogens with one attached hydrogen (secondary N) is 2. The molecule has 0 aliphatic rings. The summed E-state index contributed by atoms with van der Waals surface area (Å²) in [6.45, 7) is 3.84. The van der Waals surface area contributed by atoms with Crippen LogP contribution in [0.2, 0.25) is 5.02 Å². The van der Waals surface area contributed by atoms with Crippen LogP contribution < -0.4 is 15.4 Å². The van der Waals surface area contributed by atoms with Gasteiger partial charge in [-0.1, -0.05) is 53.2 Å². The van der Waals surface area contributed by atoms with Crippen molar-refractivity contribution in [1.82, 2.24) is 20.1 Å². The van der Waals surface area contributed by atoms with Crippen LogP contribution in [-0.2, 0) is 5.75 Å². The second kappa shape index (κ2) is 11.5. The number of halogens is 2. The number of hydrogen-bond donors (Lipinski definition) is 2. The molecule has 2 N–H and O–H groups in total. The number of nitrogens with zero attached hydrogens (tertiary/aromatic N) is 3. The summed E-state index contributed by atoms with van der Waals surface area (Å²) in [5, 5.41) is 15.0. The average molecular weight is 526 g/mol. The second-order valence-electron chi connectivity index (χ2n) is 8.10. The van der Waals surface area contributed by atoms with Gasteiger partial charge in [0.2, 0.25) is 0 Å². The van der Waals surface area contributed by atoms with Gasteiger partial charge in [-0.05, 0) is 61.9 Å². The lowest BCUT2D eigenvalue weighted by Gasteiger charge is -2.17. The Kier molecular flexibility index (Phi) is 8.12. The van der Waals surface area contributed by atoms with Crippen LogP contribution in [0, 0.1) is 12.7 Å². The molecular formula is C26H25ClFN5O2S. The Morgan fingerprint density at radius 1 is 1.14 bits per heavy atom. The van der Waals surface area contributed by atoms with E-state index >= 15 is 0 Å². The third-order valence-corrected chi connectivity index (χ3v) is 6.65. The minimum Gasteiger partial charge on any atom is -0.497 e. The smallest absolute Gasteiger partial charge is 0.319 e. The molecule has 1 aromatic heterocycles. The number of amides is 2. The summed E-state index contributed by atoms with van der Waals surface area (Å²) in [5.74, 6) is 1.47. The molecule has 0 saturated heterocycles. The molecule has 7 nitrogen and oxygen atoms in total. The van der Waals surface area contributed by atoms with Gasteiger partial charge in [-0.25, -0.2) is 9.18 Å². The SMILES string of the molecule is COc1cccc(CSc2nnc(C(C)NC(=O)Nc3ccc(F)c(Cl)c3)n2-c2ccc(C)cc2)c1. The summed E-state index contributed by atoms with van der Waals surface area (Å²) in [6, 6.07) is 18.9. The molecular weight excluding hydrogens is 501 g/mol. The van der Waals surface area contributed by atoms with E-state index < -0.39 is 17.9 Å². The lowest BCUT2D eigenvalue weighted by atomic mass is 10.2. The molecule has 2 amide bonds. The molecule has 3 aromatic carbocycles. The van der Waals surface area contributed by atoms with Gasteiger partial charge in [-0.2, -0.15) is 0 Å². The molecule has 0 saturated carbocycles. The monoisotopic (exact) mass is 525 g/mol. The average Bonchev–Trinajstić information content (AvgIpc) is 3.29. The maximum atomic E-state index is 13.4. The van der Waals surface area contributed by atoms with E-state index in [1.54, 1.807) is 7.11 Å². The number of benzene rings is 3. The number of carbonyl (C=O) groups excluding carboxylic acids is 1. The van der Waals surface area contributed by atoms with E-state index in [1.165, 1.54) is 30.0 Å². The zero-order valence-corrected chi connectivity index (χ0v) is 21.5. The molecule has 1 unspecified atom stereocenters. The van der Waals surface area contributed by atoms with Gasteiger partial charge in [0.15, 0.2) is 11.0 Å². The molecule has 4 rings (SSSR count). The number of urea groups is 1. The number of ether oxygens (including phenoxy) is 1. The summed E-state index contributed by atoms with van der Waals surface area (Å²) in [5.41, 5.74) is 3.47. The summed E-state index contributed by atoms with van der Waals surface area (Å²) >= 11 is 7.35. The lowest BCUT2D eigenvalue weighted by Crippen LogP contribution is -2.32. The molecule has 0 fully saturated rings. The number of methoxy groups -OCH3 is 1. The van der Waals surface area contributed by atoms with Gasteiger partial charge in [0.25, 0.3) is 0 Å². The molecule has 36 heavy (non-hydrogen) atoms. The Labute approximate surface area is 218 Å². The highest BCUT2D eigenvalue weighted by atomic mass is 35.5. The standard InChI is InChI=1S/C26H25ClFN5O2S/c1-16-7-10-20(11-8-16)33-24(17(2)29-25(34)30-19-9-12-23(28)22(27)14-19)31-32-26(33)36-15-18-5-4-6-21(13-18)35-3/h4-14,17H,15H2,1-3H3,(H2,29,30,34). The third kappa shape index (κ3) is 6.16. The number of aryl methyl sites for hydroxylation is 1. The second-order valence-corrected chi connectivity index (χ2v) is 9.45. The fraction of sp³-hybridized carbons (Fsp3) is 0.192. The van der Waals surface area contributed by atoms with Gasteiger partial charge in [0, 0.05) is 17.1 Å². The minimum absolute atomic E-state index is 0.0716. The van der Waals surface area contributed by atoms with Gasteiger partial charge in [-0.3, -0.25) is 4.57 Å². The highest BCUT2D eigenvalue weighted by Gasteiger charge is 2.21. The van der Waals surface area contributed by atoms with Gasteiger partial charge in [-0.15, -0.1) is 10.2 Å². The fourth-order valence-corrected chi connectivity index (χ4v) is 4.59. The zero-order valence-electron chi connectivity index (χ0n) is 20.0. The van der Waals surface area contributed by atoms with Crippen LogP contribution in [0.15, 0.2) is 71.9 Å². The molecule has 10 heteroatoms. The van der Waals surface area contributed by atoms with E-state index in [2.05, 4.69) is 20.8 Å². The normalized spacial score (nSPS) is 11.7. The van der Waals surface area contributed by atoms with Crippen LogP contribution >= 0.6 is 23.4 Å². The molecule has 4 aromatic rings. The Balaban J connectivity index is 1.56. The van der Waals surface area contributed by atoms with E-state index in [0.29, 0.717) is 22.4 Å². The van der Waals surface area contributed by atoms with Gasteiger partial charge in [0.1, 0.15) is 11.6 Å². The van der Waals surface area contributed by atoms with Crippen LogP contribution in [0.3, 0.4) is 0 Å². The van der Waals surface area contributed by atoms with Crippen molar-refractivity contribution in [3.8, 4) is 11.4 Å². The molecule has 0 radical (unpaired) electrons. The van der Waals surface area contributed by atoms with Crippen molar-refractivity contribution in [2.75, 3.05) is 12.4 Å². The Morgan fingerprint density at radius 2 is 1.92 bits per heavy atom. The molecule has 0 aliphatic heterocycles. The molecule has 1 atom stereocenters. The predicted molar refractivity (Wildman–Crippen MR) is 141 cm³/mol. The first-order chi connectivity index (χ1) is 17.3. The summed E-state index contributed by atoms with van der Waals surface area (Å²) in [4.78, 5) is 12.6. The first-order valence-corrected chi connectivity index (χ1v) is 12.5. The van der Waals surface area contributed by atoms with Gasteiger partial charge >= 0.3 is 6.03 Å². The van der Waals surface area contributed by atoms with E-state index in [0.717, 1.165) is 22.6 Å². The fourth-order valence-electron chi connectivity index (χ4n) is 3.50. The zero-order chi connectivity index (χ0) is 25.7. The summed E-state index contributed by atoms with van der Waals surface area (Å²) in [6.07, 6.45) is 0. The van der Waals surface area contributed by atoms with Crippen molar-refractivity contribution >= 4 is 35.1 Å². The van der Waals surface area contributed by atoms with Crippen molar-refractivity contribution < 1.29 is 13.9 Å². The maximum absolute atomic E-state index is 13.4. The quantitative estimate of drug-likeness (QED) is 0.255. The Hall–Kier alpha value is -3.56. The predicted octanol–water partition coefficient (Wildman–Crippen LogP) is 6.55. The molecule has 0 aliphatic carbocycles. The lowest BCUT2D eigenvalue weighted by molar-refractivity contribution is 0.249. The van der Waals surface area contributed by atoms with Crippen LogP contribution in [0.1, 0.15) is 29.9 Å². The summed E-state index contributed by atoms with van der Waals surface area (Å²) < 4.78 is 20.7. The molecule has 0 bridgehead atoms. The topological polar surface area (TPSA) is 81.1 Å². The van der Waals surface area contributed by atoms with Crippen LogP contribution in [-0.4, -0.2) is 27.9 Å². The largest absolute Gasteiger partial charge is 0.497 e. The van der Waals surface area contributed by atoms with Crippen LogP contribution in [0.25, 0.3) is 5.69 Å². The van der Waals surface area contributed by atoms with E-state index in [1.807, 2.05) is 66.9 Å². The number of aromatic nitrogens is 3. The van der Waals surface area contributed by atoms with Crippen LogP contribution in [0.4, 0.5) is 14.9 Å². The number of anilines is 1. The summed E-state index contributed by atoms with van der Waals surface area (Å²) in [7, 11) is 1.64. The third-order valence-electron chi connectivity index (χ3n) is 5.37. The number of carbonyl (C=O) groups is 1. The highest BCUT2D eigenvalue weighted by molar-refractivity contribution is 7.98. The first-order valence-electron chi connectivity index (χ1n) is 11.1. The molecule has 186 valence electrons. The Bertz CT molecular complexity index is 1360. The minimum atomic E-state index is -0.554. The highest BCUT2D eigenvalue weighted by Crippen LogP contribution is 2.29. The Morgan fingerprint density at radius 3 is 2.64 bits per heavy atom. The van der Waals surface area contributed by atoms with Crippen molar-refractivity contribution in [3.63, 3.8) is 0 Å². The van der Waals surface area contributed by atoms with E-state index in [-0.39, 0.29) is 5.02 Å². The van der Waals surface area contributed by atoms with Gasteiger partial charge in [0.05, 0.1) is 18.2 Å². The number of thioether (sulfide) groups is 1. The maximum Gasteiger partial charge on any atom is 0.319 e. The first kappa shape index (κ1) is 25.5. The molecule has 1 heterocycles. The number of rotatable bonds is 8. The van der Waals surface area contributed by atoms with Crippen LogP contribution in [0.5, 0.6) is 5.75 Å². The molecule has 0 spiro atoms.